The molecule has 1 aromatic carbocycles. The van der Waals surface area contributed by atoms with Crippen molar-refractivity contribution in [1.82, 2.24) is 5.32 Å². The number of carboxylic acids is 1. The number of hydrogen-bond donors (Lipinski definition) is 2. The van der Waals surface area contributed by atoms with E-state index in [2.05, 4.69) is 12.2 Å². The van der Waals surface area contributed by atoms with Gasteiger partial charge in [-0.15, -0.1) is 0 Å². The zero-order valence-corrected chi connectivity index (χ0v) is 11.1. The molecule has 0 saturated heterocycles. The molecule has 1 unspecified atom stereocenters. The van der Waals surface area contributed by atoms with Crippen LogP contribution in [0.3, 0.4) is 0 Å². The SMILES string of the molecule is CC(CCC(=O)NC1(C(=O)O)CC1)c1ccccc1. The lowest BCUT2D eigenvalue weighted by atomic mass is 9.96. The van der Waals surface area contributed by atoms with Crippen LogP contribution >= 0.6 is 0 Å². The molecule has 0 spiro atoms. The lowest BCUT2D eigenvalue weighted by molar-refractivity contribution is -0.143. The van der Waals surface area contributed by atoms with Gasteiger partial charge in [-0.05, 0) is 30.7 Å². The Morgan fingerprint density at radius 1 is 1.32 bits per heavy atom. The molecule has 19 heavy (non-hydrogen) atoms. The molecule has 4 nitrogen and oxygen atoms in total. The van der Waals surface area contributed by atoms with E-state index in [1.165, 1.54) is 5.56 Å². The first-order valence-corrected chi connectivity index (χ1v) is 6.63. The molecule has 1 aromatic rings. The van der Waals surface area contributed by atoms with Crippen LogP contribution < -0.4 is 5.32 Å². The van der Waals surface area contributed by atoms with E-state index in [0.29, 0.717) is 25.2 Å². The summed E-state index contributed by atoms with van der Waals surface area (Å²) in [6.45, 7) is 2.08. The van der Waals surface area contributed by atoms with E-state index in [0.717, 1.165) is 6.42 Å². The van der Waals surface area contributed by atoms with E-state index in [4.69, 9.17) is 5.11 Å². The molecule has 1 aliphatic carbocycles. The van der Waals surface area contributed by atoms with Gasteiger partial charge in [0, 0.05) is 6.42 Å². The van der Waals surface area contributed by atoms with Crippen LogP contribution in [0.5, 0.6) is 0 Å². The molecule has 0 aliphatic heterocycles. The van der Waals surface area contributed by atoms with Crippen molar-refractivity contribution >= 4 is 11.9 Å². The van der Waals surface area contributed by atoms with Gasteiger partial charge in [0.1, 0.15) is 5.54 Å². The molecule has 1 amide bonds. The minimum Gasteiger partial charge on any atom is -0.480 e. The largest absolute Gasteiger partial charge is 0.480 e. The van der Waals surface area contributed by atoms with Gasteiger partial charge in [-0.2, -0.15) is 0 Å². The van der Waals surface area contributed by atoms with Crippen LogP contribution in [0.25, 0.3) is 0 Å². The number of aliphatic carboxylic acids is 1. The summed E-state index contributed by atoms with van der Waals surface area (Å²) in [5.74, 6) is -0.786. The lowest BCUT2D eigenvalue weighted by Gasteiger charge is -2.14. The monoisotopic (exact) mass is 261 g/mol. The molecule has 0 heterocycles. The average molecular weight is 261 g/mol. The van der Waals surface area contributed by atoms with Crippen LogP contribution in [-0.2, 0) is 9.59 Å². The number of hydrogen-bond acceptors (Lipinski definition) is 2. The van der Waals surface area contributed by atoms with Gasteiger partial charge in [-0.25, -0.2) is 4.79 Å². The highest BCUT2D eigenvalue weighted by Crippen LogP contribution is 2.35. The van der Waals surface area contributed by atoms with Crippen molar-refractivity contribution in [2.45, 2.75) is 44.1 Å². The van der Waals surface area contributed by atoms with E-state index in [1.54, 1.807) is 0 Å². The number of carboxylic acid groups (broad SMARTS) is 1. The Labute approximate surface area is 112 Å². The fourth-order valence-electron chi connectivity index (χ4n) is 2.14. The normalized spacial score (nSPS) is 17.5. The second-order valence-corrected chi connectivity index (χ2v) is 5.29. The summed E-state index contributed by atoms with van der Waals surface area (Å²) in [5.41, 5.74) is 0.238. The number of nitrogens with one attached hydrogen (secondary N) is 1. The predicted molar refractivity (Wildman–Crippen MR) is 71.8 cm³/mol. The van der Waals surface area contributed by atoms with Crippen molar-refractivity contribution in [2.24, 2.45) is 0 Å². The molecule has 1 saturated carbocycles. The highest BCUT2D eigenvalue weighted by molar-refractivity contribution is 5.89. The van der Waals surface area contributed by atoms with E-state index < -0.39 is 11.5 Å². The first-order chi connectivity index (χ1) is 9.03. The molecular formula is C15H19NO3. The van der Waals surface area contributed by atoms with Crippen molar-refractivity contribution in [3.8, 4) is 0 Å². The van der Waals surface area contributed by atoms with E-state index in [-0.39, 0.29) is 5.91 Å². The summed E-state index contributed by atoms with van der Waals surface area (Å²) in [6.07, 6.45) is 2.18. The smallest absolute Gasteiger partial charge is 0.329 e. The van der Waals surface area contributed by atoms with Gasteiger partial charge in [0.15, 0.2) is 0 Å². The maximum Gasteiger partial charge on any atom is 0.329 e. The molecular weight excluding hydrogens is 242 g/mol. The van der Waals surface area contributed by atoms with Crippen molar-refractivity contribution in [1.29, 1.82) is 0 Å². The Balaban J connectivity index is 1.80. The van der Waals surface area contributed by atoms with Crippen molar-refractivity contribution in [2.75, 3.05) is 0 Å². The summed E-state index contributed by atoms with van der Waals surface area (Å²) in [4.78, 5) is 22.7. The first-order valence-electron chi connectivity index (χ1n) is 6.63. The lowest BCUT2D eigenvalue weighted by Crippen LogP contribution is -2.43. The number of rotatable bonds is 6. The van der Waals surface area contributed by atoms with Crippen LogP contribution in [0.1, 0.15) is 44.1 Å². The number of carbonyl (C=O) groups is 2. The molecule has 1 aliphatic rings. The highest BCUT2D eigenvalue weighted by Gasteiger charge is 2.51. The number of amides is 1. The third-order valence-corrected chi connectivity index (χ3v) is 3.71. The quantitative estimate of drug-likeness (QED) is 0.825. The molecule has 0 radical (unpaired) electrons. The maximum absolute atomic E-state index is 11.8. The fourth-order valence-corrected chi connectivity index (χ4v) is 2.14. The maximum atomic E-state index is 11.8. The molecule has 0 aromatic heterocycles. The second kappa shape index (κ2) is 5.43. The van der Waals surface area contributed by atoms with E-state index >= 15 is 0 Å². The Morgan fingerprint density at radius 2 is 1.95 bits per heavy atom. The van der Waals surface area contributed by atoms with Gasteiger partial charge in [-0.3, -0.25) is 4.79 Å². The Bertz CT molecular complexity index is 466. The molecule has 102 valence electrons. The standard InChI is InChI=1S/C15H19NO3/c1-11(12-5-3-2-4-6-12)7-8-13(17)16-15(9-10-15)14(18)19/h2-6,11H,7-10H2,1H3,(H,16,17)(H,18,19). The van der Waals surface area contributed by atoms with Crippen LogP contribution in [0, 0.1) is 0 Å². The van der Waals surface area contributed by atoms with Crippen LogP contribution in [0.2, 0.25) is 0 Å². The first kappa shape index (κ1) is 13.6. The van der Waals surface area contributed by atoms with Gasteiger partial charge < -0.3 is 10.4 Å². The fraction of sp³-hybridized carbons (Fsp3) is 0.467. The number of carbonyl (C=O) groups excluding carboxylic acids is 1. The third kappa shape index (κ3) is 3.34. The Morgan fingerprint density at radius 3 is 2.47 bits per heavy atom. The van der Waals surface area contributed by atoms with Gasteiger partial charge in [-0.1, -0.05) is 37.3 Å². The van der Waals surface area contributed by atoms with Gasteiger partial charge in [0.2, 0.25) is 5.91 Å². The molecule has 1 atom stereocenters. The third-order valence-electron chi connectivity index (χ3n) is 3.71. The topological polar surface area (TPSA) is 66.4 Å². The molecule has 2 N–H and O–H groups in total. The summed E-state index contributed by atoms with van der Waals surface area (Å²) >= 11 is 0. The van der Waals surface area contributed by atoms with Crippen molar-refractivity contribution in [3.05, 3.63) is 35.9 Å². The Hall–Kier alpha value is -1.84. The zero-order chi connectivity index (χ0) is 13.9. The highest BCUT2D eigenvalue weighted by atomic mass is 16.4. The van der Waals surface area contributed by atoms with Gasteiger partial charge >= 0.3 is 5.97 Å². The molecule has 0 bridgehead atoms. The van der Waals surface area contributed by atoms with Crippen LogP contribution in [-0.4, -0.2) is 22.5 Å². The van der Waals surface area contributed by atoms with E-state index in [1.807, 2.05) is 30.3 Å². The summed E-state index contributed by atoms with van der Waals surface area (Å²) in [5, 5.41) is 11.6. The predicted octanol–water partition coefficient (Wildman–Crippen LogP) is 2.30. The second-order valence-electron chi connectivity index (χ2n) is 5.29. The average Bonchev–Trinajstić information content (AvgIpc) is 3.18. The zero-order valence-electron chi connectivity index (χ0n) is 11.1. The summed E-state index contributed by atoms with van der Waals surface area (Å²) < 4.78 is 0. The summed E-state index contributed by atoms with van der Waals surface area (Å²) in [7, 11) is 0. The van der Waals surface area contributed by atoms with Crippen molar-refractivity contribution in [3.63, 3.8) is 0 Å². The van der Waals surface area contributed by atoms with Crippen LogP contribution in [0.15, 0.2) is 30.3 Å². The van der Waals surface area contributed by atoms with Gasteiger partial charge in [0.25, 0.3) is 0 Å². The number of benzene rings is 1. The van der Waals surface area contributed by atoms with E-state index in [9.17, 15) is 9.59 Å². The minimum absolute atomic E-state index is 0.164. The van der Waals surface area contributed by atoms with Gasteiger partial charge in [0.05, 0.1) is 0 Å². The molecule has 1 fully saturated rings. The minimum atomic E-state index is -0.965. The van der Waals surface area contributed by atoms with Crippen LogP contribution in [0.4, 0.5) is 0 Å². The summed E-state index contributed by atoms with van der Waals surface area (Å²) in [6, 6.07) is 10.0. The Kier molecular flexibility index (Phi) is 3.88. The van der Waals surface area contributed by atoms with Crippen molar-refractivity contribution < 1.29 is 14.7 Å². The molecule has 4 heteroatoms. The molecule has 2 rings (SSSR count).